The number of fused-ring (bicyclic) bond motifs is 1. The minimum absolute atomic E-state index is 0.0756. The molecule has 206 valence electrons. The Morgan fingerprint density at radius 1 is 0.975 bits per heavy atom. The number of nitrogens with one attached hydrogen (secondary N) is 1. The van der Waals surface area contributed by atoms with Gasteiger partial charge in [0.15, 0.2) is 5.82 Å². The number of tetrazole rings is 1. The molecule has 2 aromatic heterocycles. The first-order chi connectivity index (χ1) is 19.5. The number of aromatic amines is 1. The SMILES string of the molecule is CCOc1ccc2[nH]c(=O)c(CN(CCc3cccc(C)c3)[C@@H](CC)c3nnnn3Cc3ccccc3)cc2c1. The lowest BCUT2D eigenvalue weighted by atomic mass is 10.1. The fourth-order valence-corrected chi connectivity index (χ4v) is 5.23. The van der Waals surface area contributed by atoms with Crippen molar-refractivity contribution < 1.29 is 4.74 Å². The molecule has 0 bridgehead atoms. The van der Waals surface area contributed by atoms with E-state index in [0.29, 0.717) is 25.3 Å². The molecule has 2 heterocycles. The Hall–Kier alpha value is -4.30. The molecule has 0 saturated carbocycles. The second kappa shape index (κ2) is 12.7. The fourth-order valence-electron chi connectivity index (χ4n) is 5.23. The zero-order chi connectivity index (χ0) is 27.9. The van der Waals surface area contributed by atoms with Crippen LogP contribution in [0.3, 0.4) is 0 Å². The molecule has 0 aliphatic heterocycles. The Bertz CT molecular complexity index is 1610. The molecule has 0 aliphatic rings. The standard InChI is InChI=1S/C32H36N6O2/c1-4-30(31-34-35-36-38(31)21-25-11-7-6-8-12-25)37(17-16-24-13-9-10-23(3)18-24)22-27-19-26-20-28(40-5-2)14-15-29(26)33-32(27)39/h6-15,18-20,30H,4-5,16-17,21-22H2,1-3H3,(H,33,39)/t30-/m0/s1. The van der Waals surface area contributed by atoms with E-state index in [9.17, 15) is 4.79 Å². The quantitative estimate of drug-likeness (QED) is 0.228. The van der Waals surface area contributed by atoms with E-state index in [0.717, 1.165) is 47.4 Å². The van der Waals surface area contributed by atoms with Gasteiger partial charge in [-0.2, -0.15) is 0 Å². The van der Waals surface area contributed by atoms with Crippen molar-refractivity contribution in [2.45, 2.75) is 52.7 Å². The van der Waals surface area contributed by atoms with Crippen LogP contribution in [0, 0.1) is 6.92 Å². The average molecular weight is 537 g/mol. The summed E-state index contributed by atoms with van der Waals surface area (Å²) in [6, 6.07) is 26.4. The van der Waals surface area contributed by atoms with Crippen molar-refractivity contribution in [3.05, 3.63) is 117 Å². The van der Waals surface area contributed by atoms with Gasteiger partial charge in [-0.25, -0.2) is 4.68 Å². The summed E-state index contributed by atoms with van der Waals surface area (Å²) in [7, 11) is 0. The number of nitrogens with zero attached hydrogens (tertiary/aromatic N) is 5. The molecule has 0 amide bonds. The molecule has 0 spiro atoms. The molecule has 5 rings (SSSR count). The van der Waals surface area contributed by atoms with Crippen molar-refractivity contribution in [2.75, 3.05) is 13.2 Å². The number of aryl methyl sites for hydroxylation is 1. The molecule has 0 unspecified atom stereocenters. The van der Waals surface area contributed by atoms with Crippen molar-refractivity contribution >= 4 is 10.9 Å². The van der Waals surface area contributed by atoms with Gasteiger partial charge in [-0.05, 0) is 72.5 Å². The van der Waals surface area contributed by atoms with E-state index in [1.807, 2.05) is 54.1 Å². The van der Waals surface area contributed by atoms with Crippen LogP contribution in [0.25, 0.3) is 10.9 Å². The van der Waals surface area contributed by atoms with Gasteiger partial charge in [-0.3, -0.25) is 9.69 Å². The molecular formula is C32H36N6O2. The maximum Gasteiger partial charge on any atom is 0.252 e. The number of H-pyrrole nitrogens is 1. The molecule has 5 aromatic rings. The van der Waals surface area contributed by atoms with Crippen molar-refractivity contribution in [3.8, 4) is 5.75 Å². The van der Waals surface area contributed by atoms with Crippen LogP contribution in [-0.2, 0) is 19.5 Å². The van der Waals surface area contributed by atoms with E-state index in [-0.39, 0.29) is 11.6 Å². The highest BCUT2D eigenvalue weighted by molar-refractivity contribution is 5.80. The number of ether oxygens (including phenoxy) is 1. The van der Waals surface area contributed by atoms with Gasteiger partial charge in [0, 0.05) is 29.6 Å². The Kier molecular flexibility index (Phi) is 8.66. The molecule has 0 aliphatic carbocycles. The summed E-state index contributed by atoms with van der Waals surface area (Å²) in [4.78, 5) is 18.6. The van der Waals surface area contributed by atoms with E-state index in [1.54, 1.807) is 0 Å². The molecule has 0 fully saturated rings. The number of benzene rings is 3. The van der Waals surface area contributed by atoms with E-state index >= 15 is 0 Å². The maximum atomic E-state index is 13.2. The van der Waals surface area contributed by atoms with Crippen LogP contribution >= 0.6 is 0 Å². The smallest absolute Gasteiger partial charge is 0.252 e. The van der Waals surface area contributed by atoms with Gasteiger partial charge >= 0.3 is 0 Å². The van der Waals surface area contributed by atoms with Gasteiger partial charge < -0.3 is 9.72 Å². The number of hydrogen-bond acceptors (Lipinski definition) is 6. The molecule has 1 atom stereocenters. The van der Waals surface area contributed by atoms with Crippen LogP contribution in [0.2, 0.25) is 0 Å². The maximum absolute atomic E-state index is 13.2. The summed E-state index contributed by atoms with van der Waals surface area (Å²) >= 11 is 0. The third-order valence-corrected chi connectivity index (χ3v) is 7.21. The van der Waals surface area contributed by atoms with Gasteiger partial charge in [0.25, 0.3) is 5.56 Å². The molecule has 0 radical (unpaired) electrons. The monoisotopic (exact) mass is 536 g/mol. The molecule has 8 nitrogen and oxygen atoms in total. The summed E-state index contributed by atoms with van der Waals surface area (Å²) in [5.74, 6) is 1.59. The molecule has 8 heteroatoms. The van der Waals surface area contributed by atoms with Crippen molar-refractivity contribution in [2.24, 2.45) is 0 Å². The largest absolute Gasteiger partial charge is 0.494 e. The highest BCUT2D eigenvalue weighted by Gasteiger charge is 2.26. The predicted molar refractivity (Wildman–Crippen MR) is 157 cm³/mol. The van der Waals surface area contributed by atoms with Crippen molar-refractivity contribution in [1.82, 2.24) is 30.1 Å². The van der Waals surface area contributed by atoms with Crippen LogP contribution in [0.5, 0.6) is 5.75 Å². The second-order valence-electron chi connectivity index (χ2n) is 10.1. The summed E-state index contributed by atoms with van der Waals surface area (Å²) in [6.45, 7) is 8.60. The Balaban J connectivity index is 1.49. The minimum atomic E-state index is -0.0871. The third kappa shape index (κ3) is 6.46. The summed E-state index contributed by atoms with van der Waals surface area (Å²) < 4.78 is 7.58. The number of hydrogen-bond donors (Lipinski definition) is 1. The van der Waals surface area contributed by atoms with E-state index in [2.05, 4.69) is 75.7 Å². The van der Waals surface area contributed by atoms with Crippen LogP contribution in [0.1, 0.15) is 54.4 Å². The van der Waals surface area contributed by atoms with Gasteiger partial charge in [-0.1, -0.05) is 67.1 Å². The highest BCUT2D eigenvalue weighted by atomic mass is 16.5. The summed E-state index contributed by atoms with van der Waals surface area (Å²) in [5.41, 5.74) is 5.04. The number of aromatic nitrogens is 5. The third-order valence-electron chi connectivity index (χ3n) is 7.21. The van der Waals surface area contributed by atoms with Gasteiger partial charge in [-0.15, -0.1) is 5.10 Å². The van der Waals surface area contributed by atoms with Crippen LogP contribution in [-0.4, -0.2) is 43.2 Å². The first-order valence-electron chi connectivity index (χ1n) is 13.9. The highest BCUT2D eigenvalue weighted by Crippen LogP contribution is 2.26. The molecule has 0 saturated heterocycles. The lowest BCUT2D eigenvalue weighted by Crippen LogP contribution is -2.34. The van der Waals surface area contributed by atoms with Crippen LogP contribution in [0.4, 0.5) is 0 Å². The first kappa shape index (κ1) is 27.3. The minimum Gasteiger partial charge on any atom is -0.494 e. The summed E-state index contributed by atoms with van der Waals surface area (Å²) in [6.07, 6.45) is 1.64. The van der Waals surface area contributed by atoms with Gasteiger partial charge in [0.2, 0.25) is 0 Å². The van der Waals surface area contributed by atoms with Crippen LogP contribution in [0.15, 0.2) is 83.7 Å². The van der Waals surface area contributed by atoms with E-state index in [1.165, 1.54) is 11.1 Å². The molecule has 40 heavy (non-hydrogen) atoms. The Morgan fingerprint density at radius 3 is 2.58 bits per heavy atom. The molecular weight excluding hydrogens is 500 g/mol. The number of rotatable bonds is 12. The average Bonchev–Trinajstić information content (AvgIpc) is 3.41. The zero-order valence-corrected chi connectivity index (χ0v) is 23.4. The van der Waals surface area contributed by atoms with Gasteiger partial charge in [0.05, 0.1) is 19.2 Å². The lowest BCUT2D eigenvalue weighted by Gasteiger charge is -2.30. The first-order valence-corrected chi connectivity index (χ1v) is 13.9. The predicted octanol–water partition coefficient (Wildman–Crippen LogP) is 5.47. The van der Waals surface area contributed by atoms with Crippen molar-refractivity contribution in [3.63, 3.8) is 0 Å². The molecule has 3 aromatic carbocycles. The normalized spacial score (nSPS) is 12.2. The van der Waals surface area contributed by atoms with Crippen molar-refractivity contribution in [1.29, 1.82) is 0 Å². The summed E-state index contributed by atoms with van der Waals surface area (Å²) in [5, 5.41) is 13.8. The number of pyridine rings is 1. The zero-order valence-electron chi connectivity index (χ0n) is 23.4. The fraction of sp³-hybridized carbons (Fsp3) is 0.312. The van der Waals surface area contributed by atoms with E-state index in [4.69, 9.17) is 4.74 Å². The Morgan fingerprint density at radius 2 is 1.80 bits per heavy atom. The Labute approximate surface area is 234 Å². The second-order valence-corrected chi connectivity index (χ2v) is 10.1. The van der Waals surface area contributed by atoms with Gasteiger partial charge in [0.1, 0.15) is 5.75 Å². The molecule has 1 N–H and O–H groups in total. The topological polar surface area (TPSA) is 88.9 Å². The van der Waals surface area contributed by atoms with E-state index < -0.39 is 0 Å². The van der Waals surface area contributed by atoms with Crippen LogP contribution < -0.4 is 10.3 Å². The lowest BCUT2D eigenvalue weighted by molar-refractivity contribution is 0.172.